The average molecular weight is 476 g/mol. The molecule has 3 aromatic rings. The van der Waals surface area contributed by atoms with Gasteiger partial charge < -0.3 is 19.9 Å². The van der Waals surface area contributed by atoms with Crippen LogP contribution in [-0.2, 0) is 9.53 Å². The van der Waals surface area contributed by atoms with Crippen molar-refractivity contribution < 1.29 is 23.5 Å². The number of fused-ring (bicyclic) bond motifs is 1. The molecule has 1 N–H and O–H groups in total. The van der Waals surface area contributed by atoms with Crippen LogP contribution >= 0.6 is 22.9 Å². The van der Waals surface area contributed by atoms with Crippen molar-refractivity contribution in [3.63, 3.8) is 0 Å². The molecule has 166 valence electrons. The Bertz CT molecular complexity index is 1160. The van der Waals surface area contributed by atoms with Gasteiger partial charge in [-0.3, -0.25) is 4.79 Å². The average Bonchev–Trinajstić information content (AvgIpc) is 3.13. The Labute approximate surface area is 192 Å². The van der Waals surface area contributed by atoms with E-state index in [0.29, 0.717) is 42.0 Å². The summed E-state index contributed by atoms with van der Waals surface area (Å²) in [5, 5.41) is 3.55. The van der Waals surface area contributed by atoms with Gasteiger partial charge in [0.2, 0.25) is 0 Å². The van der Waals surface area contributed by atoms with Crippen molar-refractivity contribution in [2.45, 2.75) is 0 Å². The number of anilines is 1. The van der Waals surface area contributed by atoms with Crippen LogP contribution in [-0.4, -0.2) is 60.5 Å². The fourth-order valence-electron chi connectivity index (χ4n) is 3.34. The van der Waals surface area contributed by atoms with Crippen LogP contribution in [0.4, 0.5) is 14.9 Å². The lowest BCUT2D eigenvalue weighted by Gasteiger charge is -2.34. The number of carbonyl (C=O) groups is 3. The van der Waals surface area contributed by atoms with Crippen LogP contribution < -0.4 is 5.32 Å². The highest BCUT2D eigenvalue weighted by Crippen LogP contribution is 2.36. The molecule has 0 spiro atoms. The van der Waals surface area contributed by atoms with E-state index in [2.05, 4.69) is 5.32 Å². The molecule has 1 fully saturated rings. The summed E-state index contributed by atoms with van der Waals surface area (Å²) < 4.78 is 19.1. The number of esters is 1. The number of nitrogens with zero attached hydrogens (tertiary/aromatic N) is 2. The van der Waals surface area contributed by atoms with Crippen LogP contribution in [0.3, 0.4) is 0 Å². The number of halogens is 2. The quantitative estimate of drug-likeness (QED) is 0.573. The first-order valence-corrected chi connectivity index (χ1v) is 11.1. The van der Waals surface area contributed by atoms with Crippen molar-refractivity contribution in [1.29, 1.82) is 0 Å². The highest BCUT2D eigenvalue weighted by atomic mass is 35.5. The number of nitrogens with one attached hydrogen (secondary N) is 1. The molecular formula is C22H19ClFN3O4S. The van der Waals surface area contributed by atoms with Crippen molar-refractivity contribution >= 4 is 56.6 Å². The van der Waals surface area contributed by atoms with E-state index in [1.807, 2.05) is 18.2 Å². The Balaban J connectivity index is 1.27. The van der Waals surface area contributed by atoms with Gasteiger partial charge in [-0.2, -0.15) is 0 Å². The number of amides is 3. The Kier molecular flexibility index (Phi) is 6.57. The number of carbonyl (C=O) groups excluding carboxylic acids is 3. The topological polar surface area (TPSA) is 79.0 Å². The highest BCUT2D eigenvalue weighted by molar-refractivity contribution is 7.21. The second-order valence-electron chi connectivity index (χ2n) is 7.13. The van der Waals surface area contributed by atoms with Gasteiger partial charge in [-0.05, 0) is 30.3 Å². The molecule has 0 atom stereocenters. The fraction of sp³-hybridized carbons (Fsp3) is 0.227. The molecule has 1 saturated heterocycles. The minimum atomic E-state index is -0.731. The molecule has 2 aromatic carbocycles. The molecule has 2 heterocycles. The second-order valence-corrected chi connectivity index (χ2v) is 8.56. The number of thiophene rings is 1. The summed E-state index contributed by atoms with van der Waals surface area (Å²) >= 11 is 7.24. The van der Waals surface area contributed by atoms with Gasteiger partial charge in [0.15, 0.2) is 6.61 Å². The summed E-state index contributed by atoms with van der Waals surface area (Å²) in [6, 6.07) is 12.9. The third kappa shape index (κ3) is 4.84. The zero-order valence-corrected chi connectivity index (χ0v) is 18.4. The molecule has 0 saturated carbocycles. The number of urea groups is 1. The number of para-hydroxylation sites is 1. The van der Waals surface area contributed by atoms with Crippen LogP contribution in [0.2, 0.25) is 5.02 Å². The molecule has 32 heavy (non-hydrogen) atoms. The number of benzene rings is 2. The maximum atomic E-state index is 13.4. The molecule has 1 aliphatic heterocycles. The van der Waals surface area contributed by atoms with E-state index in [4.69, 9.17) is 16.3 Å². The van der Waals surface area contributed by atoms with Crippen LogP contribution in [0.25, 0.3) is 10.1 Å². The number of hydrogen-bond acceptors (Lipinski definition) is 5. The first-order valence-electron chi connectivity index (χ1n) is 9.86. The molecule has 0 radical (unpaired) electrons. The summed E-state index contributed by atoms with van der Waals surface area (Å²) in [4.78, 5) is 40.5. The Morgan fingerprint density at radius 1 is 1.03 bits per heavy atom. The Morgan fingerprint density at radius 3 is 2.44 bits per heavy atom. The molecule has 1 aromatic heterocycles. The largest absolute Gasteiger partial charge is 0.451 e. The van der Waals surface area contributed by atoms with E-state index in [1.54, 1.807) is 21.9 Å². The van der Waals surface area contributed by atoms with Crippen molar-refractivity contribution in [3.05, 3.63) is 64.2 Å². The monoisotopic (exact) mass is 475 g/mol. The molecule has 7 nitrogen and oxygen atoms in total. The van der Waals surface area contributed by atoms with Gasteiger partial charge in [0.05, 0.1) is 5.02 Å². The van der Waals surface area contributed by atoms with Crippen LogP contribution in [0, 0.1) is 5.82 Å². The lowest BCUT2D eigenvalue weighted by atomic mass is 10.2. The summed E-state index contributed by atoms with van der Waals surface area (Å²) in [5.41, 5.74) is 0.700. The fourth-order valence-corrected chi connectivity index (χ4v) is 4.76. The van der Waals surface area contributed by atoms with E-state index in [0.717, 1.165) is 11.3 Å². The van der Waals surface area contributed by atoms with Crippen molar-refractivity contribution in [2.75, 3.05) is 38.1 Å². The minimum Gasteiger partial charge on any atom is -0.451 e. The molecule has 3 amide bonds. The van der Waals surface area contributed by atoms with Gasteiger partial charge in [-0.25, -0.2) is 14.0 Å². The highest BCUT2D eigenvalue weighted by Gasteiger charge is 2.26. The van der Waals surface area contributed by atoms with Gasteiger partial charge in [0, 0.05) is 42.0 Å². The van der Waals surface area contributed by atoms with Crippen LogP contribution in [0.15, 0.2) is 48.5 Å². The summed E-state index contributed by atoms with van der Waals surface area (Å²) in [7, 11) is 0. The maximum absolute atomic E-state index is 13.4. The summed E-state index contributed by atoms with van der Waals surface area (Å²) in [6.45, 7) is 0.967. The SMILES string of the molecule is O=C(OCC(=O)N1CCN(C(=O)Nc2ccccc2)CC1)c1sc2cc(F)ccc2c1Cl. The van der Waals surface area contributed by atoms with Gasteiger partial charge in [0.1, 0.15) is 10.7 Å². The number of piperazine rings is 1. The van der Waals surface area contributed by atoms with E-state index in [9.17, 15) is 18.8 Å². The zero-order chi connectivity index (χ0) is 22.7. The van der Waals surface area contributed by atoms with Gasteiger partial charge in [0.25, 0.3) is 5.91 Å². The second kappa shape index (κ2) is 9.54. The predicted octanol–water partition coefficient (Wildman–Crippen LogP) is 4.23. The minimum absolute atomic E-state index is 0.127. The van der Waals surface area contributed by atoms with Crippen LogP contribution in [0.1, 0.15) is 9.67 Å². The van der Waals surface area contributed by atoms with E-state index >= 15 is 0 Å². The summed E-state index contributed by atoms with van der Waals surface area (Å²) in [5.74, 6) is -1.52. The van der Waals surface area contributed by atoms with Crippen molar-refractivity contribution in [2.24, 2.45) is 0 Å². The van der Waals surface area contributed by atoms with E-state index in [1.165, 1.54) is 18.2 Å². The van der Waals surface area contributed by atoms with Gasteiger partial charge >= 0.3 is 12.0 Å². The lowest BCUT2D eigenvalue weighted by Crippen LogP contribution is -2.52. The molecule has 4 rings (SSSR count). The smallest absolute Gasteiger partial charge is 0.350 e. The number of ether oxygens (including phenoxy) is 1. The number of hydrogen-bond donors (Lipinski definition) is 1. The zero-order valence-electron chi connectivity index (χ0n) is 16.8. The molecule has 0 unspecified atom stereocenters. The summed E-state index contributed by atoms with van der Waals surface area (Å²) in [6.07, 6.45) is 0. The third-order valence-electron chi connectivity index (χ3n) is 5.05. The van der Waals surface area contributed by atoms with E-state index in [-0.39, 0.29) is 21.8 Å². The van der Waals surface area contributed by atoms with E-state index < -0.39 is 18.4 Å². The Morgan fingerprint density at radius 2 is 1.72 bits per heavy atom. The van der Waals surface area contributed by atoms with Crippen molar-refractivity contribution in [3.8, 4) is 0 Å². The third-order valence-corrected chi connectivity index (χ3v) is 6.69. The standard InChI is InChI=1S/C22H19ClFN3O4S/c23-19-16-7-6-14(24)12-17(16)32-20(19)21(29)31-13-18(28)26-8-10-27(11-9-26)22(30)25-15-4-2-1-3-5-15/h1-7,12H,8-11,13H2,(H,25,30). The normalized spacial score (nSPS) is 13.8. The van der Waals surface area contributed by atoms with Gasteiger partial charge in [-0.15, -0.1) is 11.3 Å². The molecule has 0 aliphatic carbocycles. The Hall–Kier alpha value is -3.17. The lowest BCUT2D eigenvalue weighted by molar-refractivity contribution is -0.135. The first-order chi connectivity index (χ1) is 15.4. The molecule has 1 aliphatic rings. The van der Waals surface area contributed by atoms with Crippen LogP contribution in [0.5, 0.6) is 0 Å². The predicted molar refractivity (Wildman–Crippen MR) is 121 cm³/mol. The van der Waals surface area contributed by atoms with Crippen molar-refractivity contribution in [1.82, 2.24) is 9.80 Å². The molecule has 10 heteroatoms. The number of rotatable bonds is 4. The van der Waals surface area contributed by atoms with Gasteiger partial charge in [-0.1, -0.05) is 29.8 Å². The first kappa shape index (κ1) is 22.0. The maximum Gasteiger partial charge on any atom is 0.350 e. The molecular weight excluding hydrogens is 457 g/mol. The molecule has 0 bridgehead atoms.